The molecule has 0 saturated heterocycles. The number of hydrogen-bond acceptors (Lipinski definition) is 2. The van der Waals surface area contributed by atoms with Gasteiger partial charge in [-0.05, 0) is 31.6 Å². The summed E-state index contributed by atoms with van der Waals surface area (Å²) in [6.45, 7) is 2.47. The first kappa shape index (κ1) is 13.9. The highest BCUT2D eigenvalue weighted by molar-refractivity contribution is 5.85. The molecule has 0 amide bonds. The molecule has 0 fully saturated rings. The van der Waals surface area contributed by atoms with E-state index in [1.54, 1.807) is 0 Å². The Morgan fingerprint density at radius 2 is 2.33 bits per heavy atom. The molecule has 0 spiro atoms. The van der Waals surface area contributed by atoms with E-state index < -0.39 is 5.97 Å². The summed E-state index contributed by atoms with van der Waals surface area (Å²) in [4.78, 5) is 10.5. The molecule has 0 radical (unpaired) electrons. The molecule has 1 aromatic carbocycles. The van der Waals surface area contributed by atoms with Gasteiger partial charge in [0.2, 0.25) is 0 Å². The molecule has 0 aliphatic carbocycles. The molecule has 1 rings (SSSR count). The zero-order valence-electron chi connectivity index (χ0n) is 10.3. The number of ether oxygens (including phenoxy) is 1. The molecule has 3 nitrogen and oxygen atoms in total. The predicted molar refractivity (Wildman–Crippen MR) is 71.4 cm³/mol. The van der Waals surface area contributed by atoms with Crippen LogP contribution in [0, 0.1) is 19.3 Å². The van der Waals surface area contributed by atoms with Crippen LogP contribution in [-0.4, -0.2) is 17.7 Å². The summed E-state index contributed by atoms with van der Waals surface area (Å²) >= 11 is 0. The molecule has 0 heterocycles. The van der Waals surface area contributed by atoms with Crippen molar-refractivity contribution >= 4 is 12.0 Å². The maximum absolute atomic E-state index is 10.5. The zero-order chi connectivity index (χ0) is 13.4. The van der Waals surface area contributed by atoms with E-state index in [-0.39, 0.29) is 0 Å². The predicted octanol–water partition coefficient (Wildman–Crippen LogP) is 2.89. The van der Waals surface area contributed by atoms with E-state index in [9.17, 15) is 4.79 Å². The van der Waals surface area contributed by atoms with Crippen molar-refractivity contribution in [2.75, 3.05) is 6.61 Å². The standard InChI is InChI=1S/C15H16O3/c1-3-4-5-10-18-14-8-6-12(2)11-13(14)7-9-15(16)17/h1,6-9,11H,4-5,10H2,2H3,(H,16,17)/b9-7+. The maximum atomic E-state index is 10.5. The van der Waals surface area contributed by atoms with Gasteiger partial charge in [0.25, 0.3) is 0 Å². The van der Waals surface area contributed by atoms with Crippen LogP contribution in [-0.2, 0) is 4.79 Å². The number of carboxylic acids is 1. The molecule has 0 saturated carbocycles. The second-order valence-corrected chi connectivity index (χ2v) is 3.87. The van der Waals surface area contributed by atoms with Gasteiger partial charge in [-0.15, -0.1) is 12.3 Å². The van der Waals surface area contributed by atoms with Crippen LogP contribution < -0.4 is 4.74 Å². The van der Waals surface area contributed by atoms with Gasteiger partial charge in [0.05, 0.1) is 6.61 Å². The highest BCUT2D eigenvalue weighted by atomic mass is 16.5. The minimum atomic E-state index is -0.977. The monoisotopic (exact) mass is 244 g/mol. The smallest absolute Gasteiger partial charge is 0.328 e. The van der Waals surface area contributed by atoms with Crippen LogP contribution in [0.4, 0.5) is 0 Å². The Morgan fingerprint density at radius 3 is 3.00 bits per heavy atom. The van der Waals surface area contributed by atoms with E-state index in [1.165, 1.54) is 6.08 Å². The van der Waals surface area contributed by atoms with Crippen LogP contribution in [0.25, 0.3) is 6.08 Å². The van der Waals surface area contributed by atoms with E-state index >= 15 is 0 Å². The van der Waals surface area contributed by atoms with Gasteiger partial charge in [-0.3, -0.25) is 0 Å². The number of rotatable bonds is 6. The molecular weight excluding hydrogens is 228 g/mol. The summed E-state index contributed by atoms with van der Waals surface area (Å²) in [6, 6.07) is 5.65. The van der Waals surface area contributed by atoms with E-state index in [2.05, 4.69) is 5.92 Å². The van der Waals surface area contributed by atoms with Crippen LogP contribution in [0.5, 0.6) is 5.75 Å². The highest BCUT2D eigenvalue weighted by Gasteiger charge is 2.02. The molecule has 0 unspecified atom stereocenters. The summed E-state index contributed by atoms with van der Waals surface area (Å²) < 4.78 is 5.59. The lowest BCUT2D eigenvalue weighted by atomic mass is 10.1. The third-order valence-corrected chi connectivity index (χ3v) is 2.29. The largest absolute Gasteiger partial charge is 0.493 e. The second kappa shape index (κ2) is 7.18. The number of carboxylic acid groups (broad SMARTS) is 1. The van der Waals surface area contributed by atoms with Gasteiger partial charge in [-0.25, -0.2) is 4.79 Å². The lowest BCUT2D eigenvalue weighted by molar-refractivity contribution is -0.131. The number of carbonyl (C=O) groups is 1. The molecule has 0 bridgehead atoms. The van der Waals surface area contributed by atoms with E-state index in [4.69, 9.17) is 16.3 Å². The molecule has 18 heavy (non-hydrogen) atoms. The summed E-state index contributed by atoms with van der Waals surface area (Å²) in [6.07, 6.45) is 9.25. The van der Waals surface area contributed by atoms with Gasteiger partial charge in [-0.1, -0.05) is 11.6 Å². The fraction of sp³-hybridized carbons (Fsp3) is 0.267. The van der Waals surface area contributed by atoms with Crippen molar-refractivity contribution in [3.63, 3.8) is 0 Å². The molecule has 0 aliphatic rings. The quantitative estimate of drug-likeness (QED) is 0.475. The number of aliphatic carboxylic acids is 1. The minimum absolute atomic E-state index is 0.529. The van der Waals surface area contributed by atoms with Gasteiger partial charge in [-0.2, -0.15) is 0 Å². The van der Waals surface area contributed by atoms with Crippen LogP contribution in [0.15, 0.2) is 24.3 Å². The normalized spacial score (nSPS) is 10.2. The number of aryl methyl sites for hydroxylation is 1. The Balaban J connectivity index is 2.77. The number of hydrogen-bond donors (Lipinski definition) is 1. The van der Waals surface area contributed by atoms with Crippen molar-refractivity contribution in [2.24, 2.45) is 0 Å². The molecular formula is C15H16O3. The fourth-order valence-electron chi connectivity index (χ4n) is 1.45. The summed E-state index contributed by atoms with van der Waals surface area (Å²) in [7, 11) is 0. The first-order chi connectivity index (χ1) is 8.63. The average molecular weight is 244 g/mol. The maximum Gasteiger partial charge on any atom is 0.328 e. The lowest BCUT2D eigenvalue weighted by Crippen LogP contribution is -1.99. The van der Waals surface area contributed by atoms with Crippen molar-refractivity contribution in [2.45, 2.75) is 19.8 Å². The molecule has 0 atom stereocenters. The summed E-state index contributed by atoms with van der Waals surface area (Å²) in [5.41, 5.74) is 1.81. The molecule has 0 aromatic heterocycles. The summed E-state index contributed by atoms with van der Waals surface area (Å²) in [5, 5.41) is 8.63. The highest BCUT2D eigenvalue weighted by Crippen LogP contribution is 2.21. The zero-order valence-corrected chi connectivity index (χ0v) is 10.3. The second-order valence-electron chi connectivity index (χ2n) is 3.87. The molecule has 1 N–H and O–H groups in total. The van der Waals surface area contributed by atoms with Crippen molar-refractivity contribution in [3.05, 3.63) is 35.4 Å². The van der Waals surface area contributed by atoms with E-state index in [0.29, 0.717) is 18.8 Å². The topological polar surface area (TPSA) is 46.5 Å². The minimum Gasteiger partial charge on any atom is -0.493 e. The number of terminal acetylenes is 1. The van der Waals surface area contributed by atoms with Gasteiger partial charge in [0.15, 0.2) is 0 Å². The van der Waals surface area contributed by atoms with E-state index in [1.807, 2.05) is 25.1 Å². The van der Waals surface area contributed by atoms with Gasteiger partial charge in [0.1, 0.15) is 5.75 Å². The Morgan fingerprint density at radius 1 is 1.56 bits per heavy atom. The van der Waals surface area contributed by atoms with Crippen LogP contribution >= 0.6 is 0 Å². The van der Waals surface area contributed by atoms with Gasteiger partial charge in [0, 0.05) is 18.1 Å². The average Bonchev–Trinajstić information content (AvgIpc) is 2.34. The first-order valence-electron chi connectivity index (χ1n) is 5.71. The van der Waals surface area contributed by atoms with Crippen LogP contribution in [0.2, 0.25) is 0 Å². The fourth-order valence-corrected chi connectivity index (χ4v) is 1.45. The number of unbranched alkanes of at least 4 members (excludes halogenated alkanes) is 1. The lowest BCUT2D eigenvalue weighted by Gasteiger charge is -2.09. The van der Waals surface area contributed by atoms with Crippen molar-refractivity contribution in [3.8, 4) is 18.1 Å². The Hall–Kier alpha value is -2.21. The van der Waals surface area contributed by atoms with Crippen molar-refractivity contribution in [1.29, 1.82) is 0 Å². The van der Waals surface area contributed by atoms with Crippen molar-refractivity contribution < 1.29 is 14.6 Å². The van der Waals surface area contributed by atoms with Gasteiger partial charge < -0.3 is 9.84 Å². The van der Waals surface area contributed by atoms with Crippen LogP contribution in [0.1, 0.15) is 24.0 Å². The van der Waals surface area contributed by atoms with E-state index in [0.717, 1.165) is 23.6 Å². The molecule has 1 aromatic rings. The Kier molecular flexibility index (Phi) is 5.53. The molecule has 0 aliphatic heterocycles. The third kappa shape index (κ3) is 4.75. The third-order valence-electron chi connectivity index (χ3n) is 2.29. The Labute approximate surface area is 107 Å². The summed E-state index contributed by atoms with van der Waals surface area (Å²) in [5.74, 6) is 2.25. The van der Waals surface area contributed by atoms with Crippen molar-refractivity contribution in [1.82, 2.24) is 0 Å². The number of benzene rings is 1. The molecule has 3 heteroatoms. The Bertz CT molecular complexity index is 481. The SMILES string of the molecule is C#CCCCOc1ccc(C)cc1/C=C/C(=O)O. The molecule has 94 valence electrons. The first-order valence-corrected chi connectivity index (χ1v) is 5.71. The van der Waals surface area contributed by atoms with Gasteiger partial charge >= 0.3 is 5.97 Å². The van der Waals surface area contributed by atoms with Crippen LogP contribution in [0.3, 0.4) is 0 Å².